The lowest BCUT2D eigenvalue weighted by Crippen LogP contribution is -2.43. The Morgan fingerprint density at radius 2 is 2.00 bits per heavy atom. The van der Waals surface area contributed by atoms with E-state index in [0.717, 1.165) is 5.01 Å². The zero-order valence-electron chi connectivity index (χ0n) is 12.0. The molecule has 0 saturated carbocycles. The number of amides is 1. The molecule has 1 rings (SSSR count). The minimum Gasteiger partial charge on any atom is -0.337 e. The Kier molecular flexibility index (Phi) is 4.50. The molecule has 2 unspecified atom stereocenters. The van der Waals surface area contributed by atoms with Crippen molar-refractivity contribution in [3.8, 4) is 0 Å². The summed E-state index contributed by atoms with van der Waals surface area (Å²) in [4.78, 5) is 18.3. The Balaban J connectivity index is 2.86. The number of hydrogen-bond acceptors (Lipinski definition) is 4. The van der Waals surface area contributed by atoms with E-state index >= 15 is 0 Å². The van der Waals surface area contributed by atoms with Crippen molar-refractivity contribution in [2.24, 2.45) is 11.1 Å². The molecule has 0 spiro atoms. The van der Waals surface area contributed by atoms with Crippen LogP contribution in [0, 0.1) is 5.41 Å². The number of carbonyl (C=O) groups is 1. The highest BCUT2D eigenvalue weighted by molar-refractivity contribution is 7.09. The molecule has 0 aromatic carbocycles. The molecule has 2 atom stereocenters. The number of carbonyl (C=O) groups excluding carboxylic acids is 1. The SMILES string of the molecule is CC(N)c1nc(C(=O)N(C)C(C)C(C)(C)C)cs1. The zero-order valence-corrected chi connectivity index (χ0v) is 12.8. The first kappa shape index (κ1) is 15.1. The van der Waals surface area contributed by atoms with E-state index in [0.29, 0.717) is 5.69 Å². The van der Waals surface area contributed by atoms with Crippen molar-refractivity contribution in [2.75, 3.05) is 7.05 Å². The molecule has 0 aliphatic rings. The molecule has 0 fully saturated rings. The lowest BCUT2D eigenvalue weighted by Gasteiger charge is -2.35. The van der Waals surface area contributed by atoms with Crippen molar-refractivity contribution in [1.29, 1.82) is 0 Å². The number of hydrogen-bond donors (Lipinski definition) is 1. The van der Waals surface area contributed by atoms with Gasteiger partial charge in [0.25, 0.3) is 5.91 Å². The Morgan fingerprint density at radius 1 is 1.44 bits per heavy atom. The fourth-order valence-corrected chi connectivity index (χ4v) is 2.28. The third-order valence-electron chi connectivity index (χ3n) is 3.29. The molecule has 1 amide bonds. The van der Waals surface area contributed by atoms with Gasteiger partial charge in [0.15, 0.2) is 0 Å². The van der Waals surface area contributed by atoms with Gasteiger partial charge in [0.2, 0.25) is 0 Å². The molecule has 18 heavy (non-hydrogen) atoms. The summed E-state index contributed by atoms with van der Waals surface area (Å²) in [5.74, 6) is -0.0411. The van der Waals surface area contributed by atoms with Gasteiger partial charge in [-0.2, -0.15) is 0 Å². The molecule has 5 heteroatoms. The zero-order chi connectivity index (χ0) is 14.1. The first-order chi connectivity index (χ1) is 8.14. The minimum atomic E-state index is -0.123. The maximum Gasteiger partial charge on any atom is 0.273 e. The Labute approximate surface area is 113 Å². The highest BCUT2D eigenvalue weighted by Gasteiger charge is 2.28. The molecule has 0 bridgehead atoms. The molecule has 4 nitrogen and oxygen atoms in total. The summed E-state index contributed by atoms with van der Waals surface area (Å²) in [5.41, 5.74) is 6.29. The van der Waals surface area contributed by atoms with Crippen molar-refractivity contribution in [1.82, 2.24) is 9.88 Å². The van der Waals surface area contributed by atoms with Gasteiger partial charge in [0.05, 0.1) is 6.04 Å². The largest absolute Gasteiger partial charge is 0.337 e. The van der Waals surface area contributed by atoms with Crippen molar-refractivity contribution in [3.05, 3.63) is 16.1 Å². The third kappa shape index (κ3) is 3.29. The maximum atomic E-state index is 12.3. The summed E-state index contributed by atoms with van der Waals surface area (Å²) in [7, 11) is 1.82. The molecule has 0 aliphatic carbocycles. The summed E-state index contributed by atoms with van der Waals surface area (Å²) < 4.78 is 0. The highest BCUT2D eigenvalue weighted by atomic mass is 32.1. The van der Waals surface area contributed by atoms with Gasteiger partial charge in [0.1, 0.15) is 10.7 Å². The first-order valence-electron chi connectivity index (χ1n) is 6.12. The van der Waals surface area contributed by atoms with Crippen LogP contribution < -0.4 is 5.73 Å². The number of aromatic nitrogens is 1. The summed E-state index contributed by atoms with van der Waals surface area (Å²) >= 11 is 1.44. The smallest absolute Gasteiger partial charge is 0.273 e. The van der Waals surface area contributed by atoms with E-state index in [2.05, 4.69) is 32.7 Å². The van der Waals surface area contributed by atoms with Gasteiger partial charge < -0.3 is 10.6 Å². The van der Waals surface area contributed by atoms with Crippen molar-refractivity contribution in [2.45, 2.75) is 46.7 Å². The van der Waals surface area contributed by atoms with Crippen LogP contribution in [0.1, 0.15) is 56.2 Å². The second-order valence-electron chi connectivity index (χ2n) is 5.82. The van der Waals surface area contributed by atoms with E-state index in [9.17, 15) is 4.79 Å². The second-order valence-corrected chi connectivity index (χ2v) is 6.71. The summed E-state index contributed by atoms with van der Waals surface area (Å²) in [6.45, 7) is 10.3. The average Bonchev–Trinajstić information content (AvgIpc) is 2.74. The van der Waals surface area contributed by atoms with Gasteiger partial charge >= 0.3 is 0 Å². The number of rotatable bonds is 3. The number of thiazole rings is 1. The van der Waals surface area contributed by atoms with E-state index in [1.165, 1.54) is 11.3 Å². The van der Waals surface area contributed by atoms with E-state index in [1.807, 2.05) is 14.0 Å². The maximum absolute atomic E-state index is 12.3. The van der Waals surface area contributed by atoms with Crippen LogP contribution in [-0.2, 0) is 0 Å². The van der Waals surface area contributed by atoms with Gasteiger partial charge in [-0.05, 0) is 19.3 Å². The highest BCUT2D eigenvalue weighted by Crippen LogP contribution is 2.25. The van der Waals surface area contributed by atoms with Crippen LogP contribution in [0.2, 0.25) is 0 Å². The average molecular weight is 269 g/mol. The quantitative estimate of drug-likeness (QED) is 0.917. The topological polar surface area (TPSA) is 59.2 Å². The summed E-state index contributed by atoms with van der Waals surface area (Å²) in [6, 6.07) is 0.0207. The van der Waals surface area contributed by atoms with E-state index in [1.54, 1.807) is 10.3 Å². The molecule has 0 radical (unpaired) electrons. The predicted molar refractivity (Wildman–Crippen MR) is 75.7 cm³/mol. The lowest BCUT2D eigenvalue weighted by molar-refractivity contribution is 0.0624. The van der Waals surface area contributed by atoms with Crippen LogP contribution in [0.5, 0.6) is 0 Å². The molecule has 1 aromatic rings. The lowest BCUT2D eigenvalue weighted by atomic mass is 9.87. The van der Waals surface area contributed by atoms with E-state index < -0.39 is 0 Å². The second kappa shape index (κ2) is 5.36. The van der Waals surface area contributed by atoms with Gasteiger partial charge in [-0.3, -0.25) is 4.79 Å². The van der Waals surface area contributed by atoms with Crippen LogP contribution in [0.25, 0.3) is 0 Å². The van der Waals surface area contributed by atoms with Crippen LogP contribution in [0.15, 0.2) is 5.38 Å². The fourth-order valence-electron chi connectivity index (χ4n) is 1.53. The van der Waals surface area contributed by atoms with Crippen molar-refractivity contribution in [3.63, 3.8) is 0 Å². The van der Waals surface area contributed by atoms with Crippen LogP contribution in [0.4, 0.5) is 0 Å². The van der Waals surface area contributed by atoms with Gasteiger partial charge in [-0.15, -0.1) is 11.3 Å². The third-order valence-corrected chi connectivity index (χ3v) is 4.33. The van der Waals surface area contributed by atoms with Gasteiger partial charge in [-0.1, -0.05) is 20.8 Å². The summed E-state index contributed by atoms with van der Waals surface area (Å²) in [5, 5.41) is 2.59. The van der Waals surface area contributed by atoms with E-state index in [4.69, 9.17) is 5.73 Å². The number of nitrogens with two attached hydrogens (primary N) is 1. The molecule has 1 heterocycles. The molecule has 102 valence electrons. The summed E-state index contributed by atoms with van der Waals surface area (Å²) in [6.07, 6.45) is 0. The van der Waals surface area contributed by atoms with Crippen molar-refractivity contribution >= 4 is 17.2 Å². The predicted octanol–water partition coefficient (Wildman–Crippen LogP) is 2.67. The van der Waals surface area contributed by atoms with Gasteiger partial charge in [-0.25, -0.2) is 4.98 Å². The first-order valence-corrected chi connectivity index (χ1v) is 7.00. The van der Waals surface area contributed by atoms with E-state index in [-0.39, 0.29) is 23.4 Å². The fraction of sp³-hybridized carbons (Fsp3) is 0.692. The minimum absolute atomic E-state index is 0.0411. The molecule has 2 N–H and O–H groups in total. The number of nitrogens with zero attached hydrogens (tertiary/aromatic N) is 2. The Hall–Kier alpha value is -0.940. The molecule has 0 aliphatic heterocycles. The molecule has 1 aromatic heterocycles. The van der Waals surface area contributed by atoms with Crippen LogP contribution in [0.3, 0.4) is 0 Å². The Morgan fingerprint density at radius 3 is 2.39 bits per heavy atom. The van der Waals surface area contributed by atoms with Gasteiger partial charge in [0, 0.05) is 18.5 Å². The monoisotopic (exact) mass is 269 g/mol. The van der Waals surface area contributed by atoms with Crippen LogP contribution in [-0.4, -0.2) is 28.9 Å². The molecule has 0 saturated heterocycles. The standard InChI is InChI=1S/C13H23N3OS/c1-8(14)11-15-10(7-18-11)12(17)16(6)9(2)13(3,4)5/h7-9H,14H2,1-6H3. The molecular formula is C13H23N3OS. The van der Waals surface area contributed by atoms with Crippen molar-refractivity contribution < 1.29 is 4.79 Å². The molecular weight excluding hydrogens is 246 g/mol. The normalized spacial score (nSPS) is 15.3. The Bertz CT molecular complexity index is 420. The van der Waals surface area contributed by atoms with Crippen LogP contribution >= 0.6 is 11.3 Å².